The molecular formula is C30H40O11. The van der Waals surface area contributed by atoms with E-state index in [0.29, 0.717) is 12.0 Å². The Kier molecular flexibility index (Phi) is 8.16. The first-order valence-corrected chi connectivity index (χ1v) is 14.1. The van der Waals surface area contributed by atoms with Gasteiger partial charge in [-0.15, -0.1) is 0 Å². The minimum absolute atomic E-state index is 0.112. The van der Waals surface area contributed by atoms with Crippen molar-refractivity contribution < 1.29 is 52.4 Å². The van der Waals surface area contributed by atoms with Crippen molar-refractivity contribution in [3.8, 4) is 0 Å². The molecule has 0 N–H and O–H groups in total. The first-order valence-electron chi connectivity index (χ1n) is 14.1. The second kappa shape index (κ2) is 10.9. The monoisotopic (exact) mass is 576 g/mol. The van der Waals surface area contributed by atoms with E-state index in [-0.39, 0.29) is 12.8 Å². The highest BCUT2D eigenvalue weighted by Crippen LogP contribution is 2.65. The largest absolute Gasteiger partial charge is 0.462 e. The summed E-state index contributed by atoms with van der Waals surface area (Å²) < 4.78 is 35.8. The smallest absolute Gasteiger partial charge is 0.342 e. The maximum Gasteiger partial charge on any atom is 0.342 e. The van der Waals surface area contributed by atoms with Crippen LogP contribution < -0.4 is 0 Å². The number of carbonyl (C=O) groups is 5. The number of hydrogen-bond donors (Lipinski definition) is 0. The molecule has 0 aromatic heterocycles. The Morgan fingerprint density at radius 3 is 2.20 bits per heavy atom. The molecule has 0 unspecified atom stereocenters. The van der Waals surface area contributed by atoms with E-state index in [1.807, 2.05) is 13.8 Å². The molecule has 0 bridgehead atoms. The van der Waals surface area contributed by atoms with Gasteiger partial charge in [-0.1, -0.05) is 32.4 Å². The zero-order valence-electron chi connectivity index (χ0n) is 24.9. The molecule has 0 amide bonds. The summed E-state index contributed by atoms with van der Waals surface area (Å²) in [7, 11) is 0. The zero-order chi connectivity index (χ0) is 30.5. The molecule has 4 rings (SSSR count). The van der Waals surface area contributed by atoms with Crippen molar-refractivity contribution >= 4 is 29.8 Å². The third-order valence-electron chi connectivity index (χ3n) is 9.08. The van der Waals surface area contributed by atoms with Crippen LogP contribution in [0.2, 0.25) is 0 Å². The van der Waals surface area contributed by atoms with Crippen LogP contribution in [0.25, 0.3) is 0 Å². The van der Waals surface area contributed by atoms with Crippen molar-refractivity contribution in [2.45, 2.75) is 116 Å². The number of allylic oxidation sites excluding steroid dienone is 2. The van der Waals surface area contributed by atoms with Gasteiger partial charge in [0.25, 0.3) is 0 Å². The molecule has 226 valence electrons. The van der Waals surface area contributed by atoms with Crippen LogP contribution in [0.4, 0.5) is 0 Å². The third-order valence-corrected chi connectivity index (χ3v) is 9.08. The molecule has 41 heavy (non-hydrogen) atoms. The van der Waals surface area contributed by atoms with Gasteiger partial charge in [0.15, 0.2) is 17.3 Å². The van der Waals surface area contributed by atoms with Crippen LogP contribution in [-0.4, -0.2) is 71.6 Å². The summed E-state index contributed by atoms with van der Waals surface area (Å²) in [6.45, 7) is 12.7. The highest BCUT2D eigenvalue weighted by Gasteiger charge is 2.87. The van der Waals surface area contributed by atoms with Gasteiger partial charge in [0.2, 0.25) is 0 Å². The first kappa shape index (κ1) is 30.7. The fraction of sp³-hybridized carbons (Fsp3) is 0.700. The second-order valence-electron chi connectivity index (χ2n) is 11.9. The van der Waals surface area contributed by atoms with Crippen LogP contribution in [0.3, 0.4) is 0 Å². The summed E-state index contributed by atoms with van der Waals surface area (Å²) in [5.74, 6) is -4.17. The van der Waals surface area contributed by atoms with Crippen LogP contribution in [-0.2, 0) is 52.4 Å². The highest BCUT2D eigenvalue weighted by molar-refractivity contribution is 5.89. The Morgan fingerprint density at radius 2 is 1.63 bits per heavy atom. The minimum atomic E-state index is -1.43. The van der Waals surface area contributed by atoms with E-state index in [4.69, 9.17) is 28.4 Å². The van der Waals surface area contributed by atoms with Crippen LogP contribution >= 0.6 is 0 Å². The fourth-order valence-corrected chi connectivity index (χ4v) is 7.13. The van der Waals surface area contributed by atoms with Crippen molar-refractivity contribution in [2.75, 3.05) is 0 Å². The Morgan fingerprint density at radius 1 is 1.00 bits per heavy atom. The molecule has 1 saturated carbocycles. The van der Waals surface area contributed by atoms with E-state index in [0.717, 1.165) is 0 Å². The quantitative estimate of drug-likeness (QED) is 0.261. The fourth-order valence-electron chi connectivity index (χ4n) is 7.13. The number of hydrogen-bond acceptors (Lipinski definition) is 11. The van der Waals surface area contributed by atoms with Crippen LogP contribution in [0.1, 0.15) is 74.7 Å². The van der Waals surface area contributed by atoms with Gasteiger partial charge >= 0.3 is 29.8 Å². The molecule has 0 aromatic rings. The predicted molar refractivity (Wildman–Crippen MR) is 142 cm³/mol. The summed E-state index contributed by atoms with van der Waals surface area (Å²) >= 11 is 0. The topological polar surface area (TPSA) is 144 Å². The molecule has 2 aliphatic heterocycles. The average Bonchev–Trinajstić information content (AvgIpc) is 3.44. The molecule has 2 aliphatic carbocycles. The zero-order valence-corrected chi connectivity index (χ0v) is 24.9. The molecule has 2 heterocycles. The second-order valence-corrected chi connectivity index (χ2v) is 11.9. The van der Waals surface area contributed by atoms with Gasteiger partial charge < -0.3 is 28.4 Å². The van der Waals surface area contributed by atoms with Gasteiger partial charge in [0.1, 0.15) is 24.4 Å². The van der Waals surface area contributed by atoms with E-state index >= 15 is 0 Å². The van der Waals surface area contributed by atoms with Gasteiger partial charge in [-0.2, -0.15) is 0 Å². The highest BCUT2D eigenvalue weighted by atomic mass is 16.7. The number of esters is 5. The average molecular weight is 577 g/mol. The molecule has 0 aromatic carbocycles. The number of carbonyl (C=O) groups excluding carboxylic acids is 5. The Bertz CT molecular complexity index is 1190. The SMILES string of the molecule is CCCC(=O)O[C@H]1C[C@H](OC(C)=O)[C@@]2(C)[C@H]([C@H]1C)[C@@H](OC(C)=O)[C@]13O[C@@]1(C)C(=O)O[C@H]3/C=C(/C)C=C[C@@H]2OC(C)=O. The molecule has 3 fully saturated rings. The standard InChI is InChI=1S/C30H40O11/c1-9-10-24(34)39-20-14-22(37-18(5)32)28(7)21(36-17(4)31)12-11-15(2)13-23-30(29(8,41-30)27(35)40-23)26(38-19(6)33)25(28)16(20)3/h11-13,16,20-23,25-26H,9-10,14H2,1-8H3/b12-11?,15-13-/t16-,20-,21-,22-,23-,25+,26+,28-,29-,30-/m0/s1. The molecule has 0 radical (unpaired) electrons. The maximum atomic E-state index is 13.1. The summed E-state index contributed by atoms with van der Waals surface area (Å²) in [5.41, 5.74) is -3.42. The molecule has 1 spiro atoms. The molecule has 2 saturated heterocycles. The van der Waals surface area contributed by atoms with Crippen LogP contribution in [0, 0.1) is 17.3 Å². The Balaban J connectivity index is 2.00. The Hall–Kier alpha value is -3.21. The first-order chi connectivity index (χ1) is 19.1. The lowest BCUT2D eigenvalue weighted by Gasteiger charge is -2.56. The van der Waals surface area contributed by atoms with Gasteiger partial charge in [0.05, 0.1) is 5.41 Å². The summed E-state index contributed by atoms with van der Waals surface area (Å²) in [6, 6.07) is 0. The lowest BCUT2D eigenvalue weighted by atomic mass is 9.53. The molecular weight excluding hydrogens is 536 g/mol. The lowest BCUT2D eigenvalue weighted by Crippen LogP contribution is -2.66. The molecule has 11 heteroatoms. The van der Waals surface area contributed by atoms with E-state index in [9.17, 15) is 24.0 Å². The van der Waals surface area contributed by atoms with Crippen molar-refractivity contribution in [2.24, 2.45) is 17.3 Å². The summed E-state index contributed by atoms with van der Waals surface area (Å²) in [5, 5.41) is 0. The molecule has 4 aliphatic rings. The van der Waals surface area contributed by atoms with Gasteiger partial charge in [-0.05, 0) is 32.4 Å². The molecule has 11 nitrogen and oxygen atoms in total. The normalized spacial score (nSPS) is 42.2. The van der Waals surface area contributed by atoms with Crippen LogP contribution in [0.15, 0.2) is 23.8 Å². The van der Waals surface area contributed by atoms with E-state index in [1.54, 1.807) is 39.0 Å². The van der Waals surface area contributed by atoms with Gasteiger partial charge in [-0.25, -0.2) is 4.79 Å². The maximum absolute atomic E-state index is 13.1. The van der Waals surface area contributed by atoms with Crippen molar-refractivity contribution in [1.29, 1.82) is 0 Å². The number of rotatable bonds is 6. The number of ether oxygens (including phenoxy) is 6. The summed E-state index contributed by atoms with van der Waals surface area (Å²) in [6.07, 6.45) is 1.29. The lowest BCUT2D eigenvalue weighted by molar-refractivity contribution is -0.228. The minimum Gasteiger partial charge on any atom is -0.462 e. The van der Waals surface area contributed by atoms with Crippen molar-refractivity contribution in [1.82, 2.24) is 0 Å². The van der Waals surface area contributed by atoms with E-state index in [1.165, 1.54) is 20.8 Å². The predicted octanol–water partition coefficient (Wildman–Crippen LogP) is 3.12. The summed E-state index contributed by atoms with van der Waals surface area (Å²) in [4.78, 5) is 63.5. The third kappa shape index (κ3) is 5.06. The number of epoxide rings is 1. The van der Waals surface area contributed by atoms with Crippen molar-refractivity contribution in [3.05, 3.63) is 23.8 Å². The Labute approximate surface area is 239 Å². The van der Waals surface area contributed by atoms with Gasteiger partial charge in [-0.3, -0.25) is 19.2 Å². The molecule has 10 atom stereocenters. The van der Waals surface area contributed by atoms with E-state index in [2.05, 4.69) is 0 Å². The number of fused-ring (bicyclic) bond motifs is 1. The van der Waals surface area contributed by atoms with Crippen LogP contribution in [0.5, 0.6) is 0 Å². The van der Waals surface area contributed by atoms with Crippen molar-refractivity contribution in [3.63, 3.8) is 0 Å². The van der Waals surface area contributed by atoms with Gasteiger partial charge in [0, 0.05) is 45.4 Å². The van der Waals surface area contributed by atoms with E-state index < -0.39 is 88.8 Å².